The fourth-order valence-electron chi connectivity index (χ4n) is 2.75. The van der Waals surface area contributed by atoms with Crippen LogP contribution in [-0.2, 0) is 16.0 Å². The first-order chi connectivity index (χ1) is 14.2. The summed E-state index contributed by atoms with van der Waals surface area (Å²) in [4.78, 5) is 27.4. The molecule has 3 aromatic rings. The number of thioether (sulfide) groups is 1. The zero-order valence-electron chi connectivity index (χ0n) is 17.2. The minimum absolute atomic E-state index is 0.0874. The number of aromatic nitrogens is 1. The molecule has 1 N–H and O–H groups in total. The summed E-state index contributed by atoms with van der Waals surface area (Å²) >= 11 is 1.37. The average molecular weight is 429 g/mol. The molecule has 0 radical (unpaired) electrons. The highest BCUT2D eigenvalue weighted by Crippen LogP contribution is 2.29. The van der Waals surface area contributed by atoms with Gasteiger partial charge in [0.2, 0.25) is 11.8 Å². The van der Waals surface area contributed by atoms with Crippen molar-refractivity contribution in [3.05, 3.63) is 58.0 Å². The maximum absolute atomic E-state index is 12.3. The number of rotatable bonds is 7. The van der Waals surface area contributed by atoms with Crippen LogP contribution >= 0.6 is 11.8 Å². The molecule has 0 atom stereocenters. The molecule has 0 fully saturated rings. The first-order valence-electron chi connectivity index (χ1n) is 9.27. The molecule has 0 bridgehead atoms. The largest absolute Gasteiger partial charge is 0.490 e. The van der Waals surface area contributed by atoms with Gasteiger partial charge in [0.05, 0.1) is 17.8 Å². The van der Waals surface area contributed by atoms with E-state index in [0.717, 1.165) is 5.56 Å². The third-order valence-electron chi connectivity index (χ3n) is 4.25. The number of nitro benzene ring substituents is 1. The van der Waals surface area contributed by atoms with Gasteiger partial charge in [0.1, 0.15) is 5.52 Å². The van der Waals surface area contributed by atoms with Gasteiger partial charge in [-0.05, 0) is 29.8 Å². The van der Waals surface area contributed by atoms with Crippen molar-refractivity contribution in [3.63, 3.8) is 0 Å². The van der Waals surface area contributed by atoms with Gasteiger partial charge in [-0.2, -0.15) is 0 Å². The highest BCUT2D eigenvalue weighted by molar-refractivity contribution is 7.99. The van der Waals surface area contributed by atoms with E-state index in [2.05, 4.69) is 10.3 Å². The van der Waals surface area contributed by atoms with Crippen molar-refractivity contribution in [2.24, 2.45) is 0 Å². The molecule has 0 saturated carbocycles. The van der Waals surface area contributed by atoms with Crippen LogP contribution in [0.2, 0.25) is 0 Å². The summed E-state index contributed by atoms with van der Waals surface area (Å²) in [6, 6.07) is 10.1. The zero-order chi connectivity index (χ0) is 21.9. The predicted molar refractivity (Wildman–Crippen MR) is 117 cm³/mol. The van der Waals surface area contributed by atoms with Crippen molar-refractivity contribution < 1.29 is 18.9 Å². The number of ether oxygens (including phenoxy) is 1. The number of carbonyl (C=O) groups excluding carboxylic acids is 1. The molecule has 1 aromatic heterocycles. The van der Waals surface area contributed by atoms with Crippen LogP contribution in [0.15, 0.2) is 40.8 Å². The minimum Gasteiger partial charge on any atom is -0.490 e. The predicted octanol–water partition coefficient (Wildman–Crippen LogP) is 4.91. The summed E-state index contributed by atoms with van der Waals surface area (Å²) in [5.74, 6) is 1.37. The van der Waals surface area contributed by atoms with Crippen LogP contribution in [0, 0.1) is 10.1 Å². The monoisotopic (exact) mass is 429 g/mol. The molecular weight excluding hydrogens is 406 g/mol. The summed E-state index contributed by atoms with van der Waals surface area (Å²) in [5.41, 5.74) is 2.47. The Hall–Kier alpha value is -3.07. The number of hydrogen-bond acceptors (Lipinski definition) is 7. The Bertz CT molecular complexity index is 1090. The molecule has 0 unspecified atom stereocenters. The zero-order valence-corrected chi connectivity index (χ0v) is 18.0. The number of anilines is 1. The average Bonchev–Trinajstić information content (AvgIpc) is 3.11. The van der Waals surface area contributed by atoms with E-state index in [1.54, 1.807) is 30.3 Å². The summed E-state index contributed by atoms with van der Waals surface area (Å²) in [7, 11) is 1.39. The first kappa shape index (κ1) is 21.6. The summed E-state index contributed by atoms with van der Waals surface area (Å²) < 4.78 is 10.8. The Balaban J connectivity index is 1.58. The van der Waals surface area contributed by atoms with Gasteiger partial charge in [0.15, 0.2) is 11.3 Å². The SMILES string of the molecule is COc1ccc(CSCC(=O)Nc2ccc3oc(C(C)(C)C)nc3c2)cc1[N+](=O)[O-]. The molecule has 0 saturated heterocycles. The maximum Gasteiger partial charge on any atom is 0.311 e. The number of amides is 1. The number of nitrogens with zero attached hydrogens (tertiary/aromatic N) is 2. The van der Waals surface area contributed by atoms with E-state index >= 15 is 0 Å². The molecular formula is C21H23N3O5S. The molecule has 1 heterocycles. The van der Waals surface area contributed by atoms with E-state index < -0.39 is 4.92 Å². The summed E-state index contributed by atoms with van der Waals surface area (Å²) in [6.45, 7) is 6.07. The van der Waals surface area contributed by atoms with Crippen molar-refractivity contribution in [3.8, 4) is 5.75 Å². The molecule has 0 aliphatic carbocycles. The number of carbonyl (C=O) groups is 1. The second-order valence-corrected chi connectivity index (χ2v) is 8.74. The van der Waals surface area contributed by atoms with Gasteiger partial charge >= 0.3 is 5.69 Å². The number of nitrogens with one attached hydrogen (secondary N) is 1. The number of fused-ring (bicyclic) bond motifs is 1. The Labute approximate surface area is 178 Å². The van der Waals surface area contributed by atoms with Crippen LogP contribution < -0.4 is 10.1 Å². The third kappa shape index (κ3) is 5.10. The van der Waals surface area contributed by atoms with E-state index in [1.807, 2.05) is 20.8 Å². The standard InChI is InChI=1S/C21H23N3O5S/c1-21(2,3)20-23-15-10-14(6-8-17(15)29-20)22-19(25)12-30-11-13-5-7-18(28-4)16(9-13)24(26)27/h5-10H,11-12H2,1-4H3,(H,22,25). The lowest BCUT2D eigenvalue weighted by molar-refractivity contribution is -0.385. The Morgan fingerprint density at radius 3 is 2.70 bits per heavy atom. The molecule has 158 valence electrons. The van der Waals surface area contributed by atoms with Gasteiger partial charge in [-0.3, -0.25) is 14.9 Å². The molecule has 8 nitrogen and oxygen atoms in total. The van der Waals surface area contributed by atoms with Crippen LogP contribution in [0.25, 0.3) is 11.1 Å². The van der Waals surface area contributed by atoms with Gasteiger partial charge < -0.3 is 14.5 Å². The van der Waals surface area contributed by atoms with Gasteiger partial charge in [-0.15, -0.1) is 11.8 Å². The van der Waals surface area contributed by atoms with Gasteiger partial charge in [-0.1, -0.05) is 26.8 Å². The molecule has 30 heavy (non-hydrogen) atoms. The summed E-state index contributed by atoms with van der Waals surface area (Å²) in [6.07, 6.45) is 0. The Kier molecular flexibility index (Phi) is 6.31. The topological polar surface area (TPSA) is 108 Å². The molecule has 2 aromatic carbocycles. The molecule has 0 aliphatic rings. The lowest BCUT2D eigenvalue weighted by Crippen LogP contribution is -2.14. The number of hydrogen-bond donors (Lipinski definition) is 1. The van der Waals surface area contributed by atoms with Crippen LogP contribution in [0.5, 0.6) is 5.75 Å². The van der Waals surface area contributed by atoms with Crippen molar-refractivity contribution in [1.29, 1.82) is 0 Å². The van der Waals surface area contributed by atoms with Gasteiger partial charge in [-0.25, -0.2) is 4.98 Å². The highest BCUT2D eigenvalue weighted by Gasteiger charge is 2.21. The van der Waals surface area contributed by atoms with Gasteiger partial charge in [0.25, 0.3) is 0 Å². The van der Waals surface area contributed by atoms with E-state index in [4.69, 9.17) is 9.15 Å². The van der Waals surface area contributed by atoms with E-state index in [1.165, 1.54) is 24.9 Å². The van der Waals surface area contributed by atoms with Crippen molar-refractivity contribution in [2.45, 2.75) is 31.9 Å². The minimum atomic E-state index is -0.481. The highest BCUT2D eigenvalue weighted by atomic mass is 32.2. The lowest BCUT2D eigenvalue weighted by Gasteiger charge is -2.11. The van der Waals surface area contributed by atoms with E-state index in [9.17, 15) is 14.9 Å². The quantitative estimate of drug-likeness (QED) is 0.420. The second-order valence-electron chi connectivity index (χ2n) is 7.76. The van der Waals surface area contributed by atoms with Crippen molar-refractivity contribution >= 4 is 40.1 Å². The van der Waals surface area contributed by atoms with Crippen molar-refractivity contribution in [2.75, 3.05) is 18.2 Å². The smallest absolute Gasteiger partial charge is 0.311 e. The first-order valence-corrected chi connectivity index (χ1v) is 10.4. The second kappa shape index (κ2) is 8.74. The third-order valence-corrected chi connectivity index (χ3v) is 5.26. The van der Waals surface area contributed by atoms with Crippen LogP contribution in [0.1, 0.15) is 32.2 Å². The number of nitro groups is 1. The van der Waals surface area contributed by atoms with E-state index in [-0.39, 0.29) is 28.5 Å². The fourth-order valence-corrected chi connectivity index (χ4v) is 3.53. The van der Waals surface area contributed by atoms with Crippen molar-refractivity contribution in [1.82, 2.24) is 4.98 Å². The molecule has 9 heteroatoms. The molecule has 1 amide bonds. The van der Waals surface area contributed by atoms with Gasteiger partial charge in [0, 0.05) is 22.9 Å². The number of oxazole rings is 1. The Morgan fingerprint density at radius 2 is 2.03 bits per heavy atom. The Morgan fingerprint density at radius 1 is 1.27 bits per heavy atom. The van der Waals surface area contributed by atoms with Crippen LogP contribution in [0.3, 0.4) is 0 Å². The maximum atomic E-state index is 12.3. The summed E-state index contributed by atoms with van der Waals surface area (Å²) in [5, 5.41) is 14.0. The normalized spacial score (nSPS) is 11.5. The molecule has 3 rings (SSSR count). The fraction of sp³-hybridized carbons (Fsp3) is 0.333. The van der Waals surface area contributed by atoms with E-state index in [0.29, 0.717) is 28.4 Å². The van der Waals surface area contributed by atoms with Crippen LogP contribution in [-0.4, -0.2) is 28.7 Å². The lowest BCUT2D eigenvalue weighted by atomic mass is 9.97. The molecule has 0 aliphatic heterocycles. The number of benzene rings is 2. The van der Waals surface area contributed by atoms with Crippen LogP contribution in [0.4, 0.5) is 11.4 Å². The number of methoxy groups -OCH3 is 1. The molecule has 0 spiro atoms.